The van der Waals surface area contributed by atoms with Crippen LogP contribution in [-0.2, 0) is 0 Å². The number of rotatable bonds is 13. The maximum atomic E-state index is 14.7. The molecule has 0 saturated carbocycles. The van der Waals surface area contributed by atoms with Gasteiger partial charge < -0.3 is 19.3 Å². The van der Waals surface area contributed by atoms with Gasteiger partial charge in [-0.1, -0.05) is 40.0 Å². The van der Waals surface area contributed by atoms with E-state index in [-0.39, 0.29) is 25.6 Å². The van der Waals surface area contributed by atoms with Gasteiger partial charge >= 0.3 is 5.97 Å². The van der Waals surface area contributed by atoms with Crippen molar-refractivity contribution >= 4 is 5.97 Å². The zero-order valence-corrected chi connectivity index (χ0v) is 15.7. The van der Waals surface area contributed by atoms with Crippen molar-refractivity contribution < 1.29 is 32.9 Å². The Balaban J connectivity index is 3.40. The summed E-state index contributed by atoms with van der Waals surface area (Å²) >= 11 is 0. The first kappa shape index (κ1) is 22.0. The molecule has 0 amide bonds. The Morgan fingerprint density at radius 1 is 0.769 bits per heavy atom. The molecule has 5 nitrogen and oxygen atoms in total. The summed E-state index contributed by atoms with van der Waals surface area (Å²) in [4.78, 5) is 11.3. The highest BCUT2D eigenvalue weighted by Gasteiger charge is 2.32. The number of carbonyl (C=O) groups is 1. The van der Waals surface area contributed by atoms with Crippen molar-refractivity contribution in [2.75, 3.05) is 19.8 Å². The number of hydrogen-bond acceptors (Lipinski definition) is 4. The van der Waals surface area contributed by atoms with Crippen LogP contribution in [0.4, 0.5) is 8.78 Å². The molecule has 0 aliphatic rings. The fourth-order valence-electron chi connectivity index (χ4n) is 2.16. The summed E-state index contributed by atoms with van der Waals surface area (Å²) in [5, 5.41) is 9.21. The Labute approximate surface area is 153 Å². The molecule has 1 rings (SSSR count). The third-order valence-corrected chi connectivity index (χ3v) is 3.70. The average molecular weight is 374 g/mol. The monoisotopic (exact) mass is 374 g/mol. The molecule has 1 aromatic rings. The fraction of sp³-hybridized carbons (Fsp3) is 0.632. The van der Waals surface area contributed by atoms with Gasteiger partial charge in [-0.2, -0.15) is 0 Å². The van der Waals surface area contributed by atoms with Crippen LogP contribution >= 0.6 is 0 Å². The van der Waals surface area contributed by atoms with Crippen LogP contribution in [0.3, 0.4) is 0 Å². The van der Waals surface area contributed by atoms with Gasteiger partial charge in [-0.25, -0.2) is 13.6 Å². The number of benzene rings is 1. The van der Waals surface area contributed by atoms with Gasteiger partial charge in [0.15, 0.2) is 11.6 Å². The van der Waals surface area contributed by atoms with Crippen LogP contribution in [0.2, 0.25) is 0 Å². The second kappa shape index (κ2) is 11.5. The van der Waals surface area contributed by atoms with Crippen LogP contribution in [0.1, 0.15) is 69.7 Å². The predicted molar refractivity (Wildman–Crippen MR) is 94.5 cm³/mol. The van der Waals surface area contributed by atoms with Gasteiger partial charge in [0.05, 0.1) is 19.8 Å². The SMILES string of the molecule is CCCCOc1c(F)c(C(=O)O)c(F)c(OCCCC)c1OCCCC. The first-order chi connectivity index (χ1) is 12.5. The second-order valence-corrected chi connectivity index (χ2v) is 5.90. The lowest BCUT2D eigenvalue weighted by atomic mass is 10.1. The summed E-state index contributed by atoms with van der Waals surface area (Å²) < 4.78 is 45.7. The first-order valence-corrected chi connectivity index (χ1v) is 9.16. The second-order valence-electron chi connectivity index (χ2n) is 5.90. The molecule has 0 aromatic heterocycles. The van der Waals surface area contributed by atoms with Gasteiger partial charge in [0.25, 0.3) is 0 Å². The van der Waals surface area contributed by atoms with Crippen LogP contribution < -0.4 is 14.2 Å². The summed E-state index contributed by atoms with van der Waals surface area (Å²) in [6, 6.07) is 0. The summed E-state index contributed by atoms with van der Waals surface area (Å²) in [6.45, 7) is 6.37. The molecule has 1 aromatic carbocycles. The highest BCUT2D eigenvalue weighted by Crippen LogP contribution is 2.44. The Bertz CT molecular complexity index is 553. The van der Waals surface area contributed by atoms with Crippen LogP contribution in [0.5, 0.6) is 17.2 Å². The van der Waals surface area contributed by atoms with E-state index >= 15 is 0 Å². The molecule has 0 atom stereocenters. The van der Waals surface area contributed by atoms with E-state index in [1.165, 1.54) is 0 Å². The normalized spacial score (nSPS) is 10.7. The molecule has 0 aliphatic heterocycles. The molecule has 0 fully saturated rings. The van der Waals surface area contributed by atoms with E-state index in [2.05, 4.69) is 0 Å². The van der Waals surface area contributed by atoms with Crippen LogP contribution in [0.25, 0.3) is 0 Å². The van der Waals surface area contributed by atoms with Crippen molar-refractivity contribution in [1.82, 2.24) is 0 Å². The Morgan fingerprint density at radius 2 is 1.12 bits per heavy atom. The number of halogens is 2. The van der Waals surface area contributed by atoms with Crippen molar-refractivity contribution in [1.29, 1.82) is 0 Å². The summed E-state index contributed by atoms with van der Waals surface area (Å²) in [7, 11) is 0. The van der Waals surface area contributed by atoms with Gasteiger partial charge in [-0.3, -0.25) is 0 Å². The number of ether oxygens (including phenoxy) is 3. The molecule has 26 heavy (non-hydrogen) atoms. The fourth-order valence-corrected chi connectivity index (χ4v) is 2.16. The van der Waals surface area contributed by atoms with Gasteiger partial charge in [0.1, 0.15) is 5.56 Å². The van der Waals surface area contributed by atoms with Crippen LogP contribution in [-0.4, -0.2) is 30.9 Å². The van der Waals surface area contributed by atoms with Gasteiger partial charge in [0, 0.05) is 0 Å². The van der Waals surface area contributed by atoms with E-state index in [0.29, 0.717) is 19.3 Å². The first-order valence-electron chi connectivity index (χ1n) is 9.16. The van der Waals surface area contributed by atoms with Crippen molar-refractivity contribution in [3.63, 3.8) is 0 Å². The van der Waals surface area contributed by atoms with E-state index in [9.17, 15) is 18.7 Å². The molecule has 0 saturated heterocycles. The molecular weight excluding hydrogens is 346 g/mol. The van der Waals surface area contributed by atoms with E-state index in [1.807, 2.05) is 20.8 Å². The highest BCUT2D eigenvalue weighted by molar-refractivity contribution is 5.90. The van der Waals surface area contributed by atoms with Crippen molar-refractivity contribution in [2.24, 2.45) is 0 Å². The van der Waals surface area contributed by atoms with Gasteiger partial charge in [-0.15, -0.1) is 0 Å². The molecule has 0 heterocycles. The lowest BCUT2D eigenvalue weighted by Gasteiger charge is -2.19. The Hall–Kier alpha value is -2.05. The van der Waals surface area contributed by atoms with Gasteiger partial charge in [0.2, 0.25) is 17.2 Å². The molecule has 7 heteroatoms. The zero-order valence-electron chi connectivity index (χ0n) is 15.7. The van der Waals surface area contributed by atoms with Crippen molar-refractivity contribution in [2.45, 2.75) is 59.3 Å². The predicted octanol–water partition coefficient (Wildman–Crippen LogP) is 5.20. The lowest BCUT2D eigenvalue weighted by Crippen LogP contribution is -2.14. The lowest BCUT2D eigenvalue weighted by molar-refractivity contribution is 0.0683. The summed E-state index contributed by atoms with van der Waals surface area (Å²) in [6.07, 6.45) is 4.39. The molecular formula is C19H28F2O5. The minimum absolute atomic E-state index is 0.163. The standard InChI is InChI=1S/C19H28F2O5/c1-4-7-10-24-16-14(20)13(19(22)23)15(21)17(25-11-8-5-2)18(16)26-12-9-6-3/h4-12H2,1-3H3,(H,22,23). The Kier molecular flexibility index (Phi) is 9.76. The summed E-state index contributed by atoms with van der Waals surface area (Å²) in [5.41, 5.74) is -1.09. The minimum Gasteiger partial charge on any atom is -0.487 e. The maximum absolute atomic E-state index is 14.7. The number of carboxylic acid groups (broad SMARTS) is 1. The van der Waals surface area contributed by atoms with Crippen LogP contribution in [0, 0.1) is 11.6 Å². The third kappa shape index (κ3) is 5.75. The zero-order chi connectivity index (χ0) is 19.5. The average Bonchev–Trinajstić information content (AvgIpc) is 2.60. The largest absolute Gasteiger partial charge is 0.487 e. The van der Waals surface area contributed by atoms with E-state index in [0.717, 1.165) is 19.3 Å². The van der Waals surface area contributed by atoms with Crippen molar-refractivity contribution in [3.05, 3.63) is 17.2 Å². The van der Waals surface area contributed by atoms with E-state index in [1.54, 1.807) is 0 Å². The molecule has 0 radical (unpaired) electrons. The smallest absolute Gasteiger partial charge is 0.342 e. The minimum atomic E-state index is -1.72. The van der Waals surface area contributed by atoms with Crippen molar-refractivity contribution in [3.8, 4) is 17.2 Å². The third-order valence-electron chi connectivity index (χ3n) is 3.70. The number of carboxylic acids is 1. The number of unbranched alkanes of at least 4 members (excludes halogenated alkanes) is 3. The molecule has 0 spiro atoms. The van der Waals surface area contributed by atoms with E-state index in [4.69, 9.17) is 14.2 Å². The highest BCUT2D eigenvalue weighted by atomic mass is 19.1. The molecule has 1 N–H and O–H groups in total. The summed E-state index contributed by atoms with van der Waals surface area (Å²) in [5.74, 6) is -5.29. The topological polar surface area (TPSA) is 65.0 Å². The Morgan fingerprint density at radius 3 is 1.42 bits per heavy atom. The number of hydrogen-bond donors (Lipinski definition) is 1. The quantitative estimate of drug-likeness (QED) is 0.481. The number of aromatic carboxylic acids is 1. The molecule has 0 unspecified atom stereocenters. The van der Waals surface area contributed by atoms with Gasteiger partial charge in [-0.05, 0) is 19.3 Å². The maximum Gasteiger partial charge on any atom is 0.342 e. The molecule has 0 bridgehead atoms. The van der Waals surface area contributed by atoms with E-state index < -0.39 is 34.7 Å². The van der Waals surface area contributed by atoms with Crippen LogP contribution in [0.15, 0.2) is 0 Å². The molecule has 148 valence electrons. The molecule has 0 aliphatic carbocycles.